The van der Waals surface area contributed by atoms with Crippen LogP contribution in [0.1, 0.15) is 43.2 Å². The SMILES string of the molecule is O=C=NC1(c2cccc(C3(CO)CC3)c2)CCC1. The van der Waals surface area contributed by atoms with Gasteiger partial charge in [0.25, 0.3) is 0 Å². The van der Waals surface area contributed by atoms with E-state index in [-0.39, 0.29) is 17.6 Å². The summed E-state index contributed by atoms with van der Waals surface area (Å²) in [6.45, 7) is 0.209. The van der Waals surface area contributed by atoms with Gasteiger partial charge >= 0.3 is 0 Å². The van der Waals surface area contributed by atoms with E-state index in [1.807, 2.05) is 12.1 Å². The predicted octanol–water partition coefficient (Wildman–Crippen LogP) is 2.43. The third-order valence-electron chi connectivity index (χ3n) is 4.61. The zero-order valence-corrected chi connectivity index (χ0v) is 10.4. The van der Waals surface area contributed by atoms with E-state index in [1.54, 1.807) is 6.08 Å². The van der Waals surface area contributed by atoms with Gasteiger partial charge in [-0.2, -0.15) is 4.99 Å². The number of aliphatic hydroxyl groups is 1. The molecule has 0 atom stereocenters. The molecule has 1 aromatic rings. The van der Waals surface area contributed by atoms with Crippen molar-refractivity contribution in [1.82, 2.24) is 0 Å². The molecule has 0 radical (unpaired) electrons. The van der Waals surface area contributed by atoms with Gasteiger partial charge in [-0.25, -0.2) is 4.79 Å². The van der Waals surface area contributed by atoms with Crippen LogP contribution in [0.3, 0.4) is 0 Å². The number of nitrogens with zero attached hydrogens (tertiary/aromatic N) is 1. The van der Waals surface area contributed by atoms with Crippen molar-refractivity contribution in [1.29, 1.82) is 0 Å². The third kappa shape index (κ3) is 1.63. The number of hydrogen-bond acceptors (Lipinski definition) is 3. The zero-order valence-electron chi connectivity index (χ0n) is 10.4. The number of aliphatic imine (C=N–C) groups is 1. The maximum Gasteiger partial charge on any atom is 0.235 e. The van der Waals surface area contributed by atoms with Crippen LogP contribution in [0.4, 0.5) is 0 Å². The molecule has 2 aliphatic rings. The Balaban J connectivity index is 1.98. The van der Waals surface area contributed by atoms with Crippen LogP contribution in [0.15, 0.2) is 29.3 Å². The average molecular weight is 243 g/mol. The summed E-state index contributed by atoms with van der Waals surface area (Å²) < 4.78 is 0. The quantitative estimate of drug-likeness (QED) is 0.652. The minimum Gasteiger partial charge on any atom is -0.395 e. The molecule has 2 saturated carbocycles. The minimum atomic E-state index is -0.330. The molecule has 0 aliphatic heterocycles. The Morgan fingerprint density at radius 1 is 1.22 bits per heavy atom. The van der Waals surface area contributed by atoms with Gasteiger partial charge in [-0.1, -0.05) is 24.3 Å². The Morgan fingerprint density at radius 3 is 2.44 bits per heavy atom. The van der Waals surface area contributed by atoms with Crippen LogP contribution >= 0.6 is 0 Å². The fourth-order valence-electron chi connectivity index (χ4n) is 2.89. The molecule has 0 amide bonds. The maximum atomic E-state index is 10.6. The molecule has 0 saturated heterocycles. The molecule has 0 bridgehead atoms. The molecule has 94 valence electrons. The standard InChI is InChI=1S/C15H17NO2/c17-10-14(7-8-14)12-3-1-4-13(9-12)15(16-11-18)5-2-6-15/h1,3-4,9,17H,2,5-8,10H2. The number of carbonyl (C=O) groups excluding carboxylic acids is 1. The van der Waals surface area contributed by atoms with Crippen molar-refractivity contribution < 1.29 is 9.90 Å². The Bertz CT molecular complexity index is 509. The number of benzene rings is 1. The van der Waals surface area contributed by atoms with Gasteiger partial charge in [0.2, 0.25) is 6.08 Å². The van der Waals surface area contributed by atoms with Crippen molar-refractivity contribution in [3.8, 4) is 0 Å². The second kappa shape index (κ2) is 4.04. The molecule has 3 rings (SSSR count). The Kier molecular flexibility index (Phi) is 2.61. The van der Waals surface area contributed by atoms with Gasteiger partial charge in [0.1, 0.15) is 0 Å². The lowest BCUT2D eigenvalue weighted by Crippen LogP contribution is -2.32. The molecular weight excluding hydrogens is 226 g/mol. The zero-order chi connectivity index (χ0) is 12.6. The van der Waals surface area contributed by atoms with E-state index in [2.05, 4.69) is 17.1 Å². The molecule has 0 heterocycles. The van der Waals surface area contributed by atoms with Gasteiger partial charge in [-0.3, -0.25) is 0 Å². The minimum absolute atomic E-state index is 0.0220. The Morgan fingerprint density at radius 2 is 1.94 bits per heavy atom. The van der Waals surface area contributed by atoms with Crippen molar-refractivity contribution in [2.45, 2.75) is 43.1 Å². The van der Waals surface area contributed by atoms with Gasteiger partial charge < -0.3 is 5.11 Å². The maximum absolute atomic E-state index is 10.6. The van der Waals surface area contributed by atoms with E-state index in [9.17, 15) is 9.90 Å². The molecule has 0 aromatic heterocycles. The van der Waals surface area contributed by atoms with Crippen LogP contribution in [0.5, 0.6) is 0 Å². The normalized spacial score (nSPS) is 22.7. The number of hydrogen-bond donors (Lipinski definition) is 1. The number of isocyanates is 1. The highest BCUT2D eigenvalue weighted by Crippen LogP contribution is 2.50. The second-order valence-electron chi connectivity index (χ2n) is 5.61. The van der Waals surface area contributed by atoms with E-state index in [1.165, 1.54) is 5.56 Å². The summed E-state index contributed by atoms with van der Waals surface area (Å²) >= 11 is 0. The summed E-state index contributed by atoms with van der Waals surface area (Å²) in [6, 6.07) is 8.25. The van der Waals surface area contributed by atoms with E-state index in [0.717, 1.165) is 37.7 Å². The van der Waals surface area contributed by atoms with Gasteiger partial charge in [0.15, 0.2) is 0 Å². The van der Waals surface area contributed by atoms with Crippen LogP contribution in [-0.4, -0.2) is 17.8 Å². The number of rotatable bonds is 4. The van der Waals surface area contributed by atoms with Gasteiger partial charge in [-0.15, -0.1) is 0 Å². The van der Waals surface area contributed by atoms with E-state index < -0.39 is 0 Å². The van der Waals surface area contributed by atoms with Gasteiger partial charge in [0.05, 0.1) is 12.1 Å². The first-order chi connectivity index (χ1) is 8.75. The van der Waals surface area contributed by atoms with Crippen molar-refractivity contribution in [2.24, 2.45) is 4.99 Å². The van der Waals surface area contributed by atoms with Gasteiger partial charge in [0, 0.05) is 5.41 Å². The average Bonchev–Trinajstić information content (AvgIpc) is 3.15. The van der Waals surface area contributed by atoms with Crippen LogP contribution < -0.4 is 0 Å². The first-order valence-electron chi connectivity index (χ1n) is 6.56. The van der Waals surface area contributed by atoms with E-state index >= 15 is 0 Å². The summed E-state index contributed by atoms with van der Waals surface area (Å²) in [4.78, 5) is 14.6. The van der Waals surface area contributed by atoms with Crippen LogP contribution in [0, 0.1) is 0 Å². The first kappa shape index (κ1) is 11.6. The highest BCUT2D eigenvalue weighted by atomic mass is 16.3. The van der Waals surface area contributed by atoms with Crippen molar-refractivity contribution in [3.63, 3.8) is 0 Å². The summed E-state index contributed by atoms with van der Waals surface area (Å²) in [5.41, 5.74) is 1.94. The lowest BCUT2D eigenvalue weighted by atomic mass is 9.71. The van der Waals surface area contributed by atoms with Crippen LogP contribution in [0.2, 0.25) is 0 Å². The first-order valence-corrected chi connectivity index (χ1v) is 6.56. The van der Waals surface area contributed by atoms with Crippen LogP contribution in [0.25, 0.3) is 0 Å². The molecule has 1 N–H and O–H groups in total. The topological polar surface area (TPSA) is 49.7 Å². The molecule has 2 aliphatic carbocycles. The largest absolute Gasteiger partial charge is 0.395 e. The molecule has 1 aromatic carbocycles. The summed E-state index contributed by atoms with van der Waals surface area (Å²) in [5, 5.41) is 9.49. The van der Waals surface area contributed by atoms with E-state index in [0.29, 0.717) is 0 Å². The highest BCUT2D eigenvalue weighted by Gasteiger charge is 2.45. The predicted molar refractivity (Wildman–Crippen MR) is 68.1 cm³/mol. The van der Waals surface area contributed by atoms with Gasteiger partial charge in [-0.05, 0) is 43.2 Å². The van der Waals surface area contributed by atoms with E-state index in [4.69, 9.17) is 0 Å². The second-order valence-corrected chi connectivity index (χ2v) is 5.61. The summed E-state index contributed by atoms with van der Waals surface area (Å²) in [6.07, 6.45) is 6.80. The molecule has 0 unspecified atom stereocenters. The molecule has 2 fully saturated rings. The van der Waals surface area contributed by atoms with Crippen molar-refractivity contribution in [2.75, 3.05) is 6.61 Å². The Labute approximate surface area is 107 Å². The molecule has 0 spiro atoms. The summed E-state index contributed by atoms with van der Waals surface area (Å²) in [5.74, 6) is 0. The molecule has 18 heavy (non-hydrogen) atoms. The molecule has 3 heteroatoms. The van der Waals surface area contributed by atoms with Crippen LogP contribution in [-0.2, 0) is 15.7 Å². The smallest absolute Gasteiger partial charge is 0.235 e. The Hall–Kier alpha value is -1.44. The lowest BCUT2D eigenvalue weighted by Gasteiger charge is -2.37. The number of aliphatic hydroxyl groups excluding tert-OH is 1. The fourth-order valence-corrected chi connectivity index (χ4v) is 2.89. The van der Waals surface area contributed by atoms with Crippen molar-refractivity contribution >= 4 is 6.08 Å². The third-order valence-corrected chi connectivity index (χ3v) is 4.61. The lowest BCUT2D eigenvalue weighted by molar-refractivity contribution is 0.249. The molecular formula is C15H17NO2. The van der Waals surface area contributed by atoms with Crippen molar-refractivity contribution in [3.05, 3.63) is 35.4 Å². The highest BCUT2D eigenvalue weighted by molar-refractivity contribution is 5.42. The monoisotopic (exact) mass is 243 g/mol. The summed E-state index contributed by atoms with van der Waals surface area (Å²) in [7, 11) is 0. The molecule has 3 nitrogen and oxygen atoms in total. The fraction of sp³-hybridized carbons (Fsp3) is 0.533.